The highest BCUT2D eigenvalue weighted by Crippen LogP contribution is 2.38. The second-order valence-electron chi connectivity index (χ2n) is 6.82. The predicted molar refractivity (Wildman–Crippen MR) is 94.1 cm³/mol. The lowest BCUT2D eigenvalue weighted by Gasteiger charge is -2.37. The predicted octanol–water partition coefficient (Wildman–Crippen LogP) is 3.93. The van der Waals surface area contributed by atoms with Crippen LogP contribution in [0.1, 0.15) is 45.7 Å². The number of fused-ring (bicyclic) bond motifs is 1. The lowest BCUT2D eigenvalue weighted by Crippen LogP contribution is -2.37. The van der Waals surface area contributed by atoms with Crippen LogP contribution in [0.25, 0.3) is 5.70 Å². The Hall–Kier alpha value is -2.79. The molecule has 1 aromatic rings. The molecule has 0 atom stereocenters. The van der Waals surface area contributed by atoms with Crippen molar-refractivity contribution in [1.82, 2.24) is 4.90 Å². The summed E-state index contributed by atoms with van der Waals surface area (Å²) in [4.78, 5) is 5.94. The molecule has 0 radical (unpaired) electrons. The molecule has 0 aromatic heterocycles. The molecule has 2 rings (SSSR count). The van der Waals surface area contributed by atoms with Gasteiger partial charge in [-0.3, -0.25) is 0 Å². The van der Waals surface area contributed by atoms with Crippen LogP contribution in [0.5, 0.6) is 5.75 Å². The Morgan fingerprint density at radius 1 is 1.33 bits per heavy atom. The minimum Gasteiger partial charge on any atom is -0.483 e. The first-order chi connectivity index (χ1) is 11.3. The normalized spacial score (nSPS) is 15.7. The van der Waals surface area contributed by atoms with Gasteiger partial charge in [0.1, 0.15) is 17.2 Å². The van der Waals surface area contributed by atoms with Crippen molar-refractivity contribution < 1.29 is 4.74 Å². The van der Waals surface area contributed by atoms with Gasteiger partial charge < -0.3 is 9.64 Å². The average Bonchev–Trinajstić information content (AvgIpc) is 2.50. The van der Waals surface area contributed by atoms with E-state index in [9.17, 15) is 5.26 Å². The van der Waals surface area contributed by atoms with E-state index in [4.69, 9.17) is 10.00 Å². The molecule has 0 aliphatic carbocycles. The lowest BCUT2D eigenvalue weighted by atomic mass is 9.96. The van der Waals surface area contributed by atoms with Crippen LogP contribution in [0.3, 0.4) is 0 Å². The van der Waals surface area contributed by atoms with Gasteiger partial charge in [0.25, 0.3) is 0 Å². The largest absolute Gasteiger partial charge is 0.483 e. The fourth-order valence-corrected chi connectivity index (χ4v) is 2.73. The Kier molecular flexibility index (Phi) is 4.95. The average molecular weight is 322 g/mol. The van der Waals surface area contributed by atoms with Gasteiger partial charge in [-0.15, -0.1) is 0 Å². The van der Waals surface area contributed by atoms with Crippen molar-refractivity contribution in [1.29, 1.82) is 10.5 Å². The fraction of sp³-hybridized carbons (Fsp3) is 0.421. The van der Waals surface area contributed by atoms with Crippen LogP contribution in [-0.4, -0.2) is 22.9 Å². The van der Waals surface area contributed by atoms with E-state index < -0.39 is 5.60 Å². The maximum absolute atomic E-state index is 9.21. The van der Waals surface area contributed by atoms with Gasteiger partial charge in [-0.1, -0.05) is 13.8 Å². The van der Waals surface area contributed by atoms with Gasteiger partial charge >= 0.3 is 0 Å². The summed E-state index contributed by atoms with van der Waals surface area (Å²) in [5, 5.41) is 18.2. The van der Waals surface area contributed by atoms with Crippen LogP contribution in [0.4, 0.5) is 0 Å². The molecule has 1 heterocycles. The van der Waals surface area contributed by atoms with Gasteiger partial charge in [0.05, 0.1) is 17.3 Å². The molecule has 0 fully saturated rings. The van der Waals surface area contributed by atoms with Crippen molar-refractivity contribution >= 4 is 11.5 Å². The van der Waals surface area contributed by atoms with Gasteiger partial charge in [0.15, 0.2) is 0 Å². The molecule has 1 aliphatic rings. The number of ether oxygens (including phenoxy) is 1. The van der Waals surface area contributed by atoms with Crippen LogP contribution < -0.4 is 4.74 Å². The molecular weight excluding hydrogens is 300 g/mol. The molecule has 0 saturated carbocycles. The van der Waals surface area contributed by atoms with E-state index in [0.29, 0.717) is 17.3 Å². The van der Waals surface area contributed by atoms with Gasteiger partial charge in [0.2, 0.25) is 6.19 Å². The number of benzene rings is 1. The highest BCUT2D eigenvalue weighted by molar-refractivity contribution is 5.91. The zero-order valence-electron chi connectivity index (χ0n) is 14.8. The van der Waals surface area contributed by atoms with Crippen molar-refractivity contribution in [2.45, 2.75) is 40.2 Å². The van der Waals surface area contributed by atoms with Gasteiger partial charge in [-0.05, 0) is 51.0 Å². The summed E-state index contributed by atoms with van der Waals surface area (Å²) in [6.07, 6.45) is 3.89. The zero-order chi connectivity index (χ0) is 17.9. The lowest BCUT2D eigenvalue weighted by molar-refractivity contribution is 0.156. The summed E-state index contributed by atoms with van der Waals surface area (Å²) in [5.41, 5.74) is 1.85. The first kappa shape index (κ1) is 17.6. The van der Waals surface area contributed by atoms with Crippen molar-refractivity contribution in [3.05, 3.63) is 35.4 Å². The molecule has 0 saturated heterocycles. The molecule has 5 heteroatoms. The molecule has 0 spiro atoms. The molecule has 1 aromatic carbocycles. The van der Waals surface area contributed by atoms with Crippen LogP contribution in [0.2, 0.25) is 0 Å². The minimum absolute atomic E-state index is 0.378. The number of aliphatic imine (C=N–C) groups is 1. The Bertz CT molecular complexity index is 776. The molecule has 0 N–H and O–H groups in total. The summed E-state index contributed by atoms with van der Waals surface area (Å²) in [5.74, 6) is 1.74. The van der Waals surface area contributed by atoms with E-state index >= 15 is 0 Å². The SMILES string of the molecule is CC(=NC#N)N(CC(C)C)C1=CC(C)(C)Oc2ccc(C#N)cc21. The number of amidine groups is 1. The van der Waals surface area contributed by atoms with Crippen LogP contribution in [0, 0.1) is 28.7 Å². The third kappa shape index (κ3) is 3.75. The number of hydrogen-bond donors (Lipinski definition) is 0. The van der Waals surface area contributed by atoms with E-state index in [1.54, 1.807) is 6.07 Å². The van der Waals surface area contributed by atoms with Crippen LogP contribution >= 0.6 is 0 Å². The maximum atomic E-state index is 9.21. The van der Waals surface area contributed by atoms with E-state index in [-0.39, 0.29) is 0 Å². The highest BCUT2D eigenvalue weighted by atomic mass is 16.5. The van der Waals surface area contributed by atoms with E-state index in [2.05, 4.69) is 24.9 Å². The number of rotatable bonds is 3. The summed E-state index contributed by atoms with van der Waals surface area (Å²) in [6.45, 7) is 10.7. The summed E-state index contributed by atoms with van der Waals surface area (Å²) in [6, 6.07) is 7.57. The third-order valence-corrected chi connectivity index (χ3v) is 3.68. The minimum atomic E-state index is -0.487. The van der Waals surface area contributed by atoms with Crippen molar-refractivity contribution in [3.63, 3.8) is 0 Å². The number of nitriles is 2. The smallest absolute Gasteiger partial charge is 0.207 e. The second-order valence-corrected chi connectivity index (χ2v) is 6.82. The fourth-order valence-electron chi connectivity index (χ4n) is 2.73. The second kappa shape index (κ2) is 6.76. The van der Waals surface area contributed by atoms with Gasteiger partial charge in [-0.25, -0.2) is 0 Å². The molecular formula is C19H22N4O. The molecule has 24 heavy (non-hydrogen) atoms. The standard InChI is InChI=1S/C19H22N4O/c1-13(2)11-23(14(3)22-12-21)17-9-19(4,5)24-18-7-6-15(10-20)8-16(17)18/h6-9,13H,11H2,1-5H3. The summed E-state index contributed by atoms with van der Waals surface area (Å²) >= 11 is 0. The topological polar surface area (TPSA) is 72.4 Å². The first-order valence-electron chi connectivity index (χ1n) is 7.94. The Labute approximate surface area is 143 Å². The zero-order valence-corrected chi connectivity index (χ0v) is 14.8. The number of hydrogen-bond acceptors (Lipinski definition) is 4. The summed E-state index contributed by atoms with van der Waals surface area (Å²) in [7, 11) is 0. The van der Waals surface area contributed by atoms with E-state index in [1.807, 2.05) is 50.1 Å². The molecule has 124 valence electrons. The Morgan fingerprint density at radius 3 is 2.62 bits per heavy atom. The molecule has 0 unspecified atom stereocenters. The Balaban J connectivity index is 2.64. The molecule has 5 nitrogen and oxygen atoms in total. The Morgan fingerprint density at radius 2 is 2.04 bits per heavy atom. The highest BCUT2D eigenvalue weighted by Gasteiger charge is 2.30. The maximum Gasteiger partial charge on any atom is 0.207 e. The number of nitrogens with zero attached hydrogens (tertiary/aromatic N) is 4. The third-order valence-electron chi connectivity index (χ3n) is 3.68. The molecule has 1 aliphatic heterocycles. The van der Waals surface area contributed by atoms with Crippen molar-refractivity contribution in [2.75, 3.05) is 6.54 Å². The van der Waals surface area contributed by atoms with Gasteiger partial charge in [0, 0.05) is 12.1 Å². The summed E-state index contributed by atoms with van der Waals surface area (Å²) < 4.78 is 6.03. The van der Waals surface area contributed by atoms with Gasteiger partial charge in [-0.2, -0.15) is 15.5 Å². The van der Waals surface area contributed by atoms with Crippen LogP contribution in [0.15, 0.2) is 29.3 Å². The van der Waals surface area contributed by atoms with E-state index in [0.717, 1.165) is 23.6 Å². The first-order valence-corrected chi connectivity index (χ1v) is 7.94. The van der Waals surface area contributed by atoms with Crippen LogP contribution in [-0.2, 0) is 0 Å². The molecule has 0 amide bonds. The monoisotopic (exact) mass is 322 g/mol. The molecule has 0 bridgehead atoms. The van der Waals surface area contributed by atoms with Crippen molar-refractivity contribution in [2.24, 2.45) is 10.9 Å². The van der Waals surface area contributed by atoms with E-state index in [1.165, 1.54) is 0 Å². The van der Waals surface area contributed by atoms with Crippen molar-refractivity contribution in [3.8, 4) is 18.0 Å². The quantitative estimate of drug-likeness (QED) is 0.480.